The highest BCUT2D eigenvalue weighted by Gasteiger charge is 2.10. The maximum Gasteiger partial charge on any atom is 0.279 e. The molecule has 0 saturated carbocycles. The van der Waals surface area contributed by atoms with Gasteiger partial charge in [0.15, 0.2) is 0 Å². The third-order valence-electron chi connectivity index (χ3n) is 3.06. The molecule has 0 spiro atoms. The molecule has 0 fully saturated rings. The molecule has 0 radical (unpaired) electrons. The predicted octanol–water partition coefficient (Wildman–Crippen LogP) is 3.00. The van der Waals surface area contributed by atoms with Gasteiger partial charge in [0, 0.05) is 5.56 Å². The summed E-state index contributed by atoms with van der Waals surface area (Å²) in [6, 6.07) is 10.3. The highest BCUT2D eigenvalue weighted by molar-refractivity contribution is 7.12. The molecule has 6 heteroatoms. The minimum atomic E-state index is -0.375. The summed E-state index contributed by atoms with van der Waals surface area (Å²) in [5.74, 6) is 0.00795. The van der Waals surface area contributed by atoms with E-state index in [1.165, 1.54) is 11.3 Å². The summed E-state index contributed by atoms with van der Waals surface area (Å²) in [5.41, 5.74) is 5.21. The van der Waals surface area contributed by atoms with Crippen LogP contribution in [0.15, 0.2) is 41.8 Å². The summed E-state index contributed by atoms with van der Waals surface area (Å²) in [7, 11) is 0. The zero-order chi connectivity index (χ0) is 15.9. The van der Waals surface area contributed by atoms with Crippen molar-refractivity contribution in [2.45, 2.75) is 26.4 Å². The molecule has 5 nitrogen and oxygen atoms in total. The van der Waals surface area contributed by atoms with Crippen LogP contribution in [0.2, 0.25) is 0 Å². The van der Waals surface area contributed by atoms with Crippen molar-refractivity contribution >= 4 is 23.2 Å². The number of carbonyl (C=O) groups is 2. The lowest BCUT2D eigenvalue weighted by atomic mass is 10.2. The van der Waals surface area contributed by atoms with Crippen LogP contribution in [0.3, 0.4) is 0 Å². The van der Waals surface area contributed by atoms with Crippen LogP contribution in [0.25, 0.3) is 0 Å². The van der Waals surface area contributed by atoms with Crippen LogP contribution in [0, 0.1) is 0 Å². The summed E-state index contributed by atoms with van der Waals surface area (Å²) < 4.78 is 5.65. The third-order valence-corrected chi connectivity index (χ3v) is 3.93. The van der Waals surface area contributed by atoms with Crippen molar-refractivity contribution in [2.75, 3.05) is 0 Å². The normalized spacial score (nSPS) is 11.5. The molecule has 1 heterocycles. The molecule has 2 rings (SSSR count). The Kier molecular flexibility index (Phi) is 5.55. The second kappa shape index (κ2) is 7.61. The molecule has 0 bridgehead atoms. The fourth-order valence-corrected chi connectivity index (χ4v) is 2.27. The summed E-state index contributed by atoms with van der Waals surface area (Å²) >= 11 is 1.31. The van der Waals surface area contributed by atoms with E-state index in [1.807, 2.05) is 13.8 Å². The van der Waals surface area contributed by atoms with E-state index in [0.717, 1.165) is 6.42 Å². The van der Waals surface area contributed by atoms with Crippen LogP contribution in [0.5, 0.6) is 5.75 Å². The number of hydrogen-bond donors (Lipinski definition) is 2. The molecule has 2 amide bonds. The van der Waals surface area contributed by atoms with Crippen molar-refractivity contribution in [3.63, 3.8) is 0 Å². The first-order valence-corrected chi connectivity index (χ1v) is 7.89. The zero-order valence-corrected chi connectivity index (χ0v) is 13.3. The quantitative estimate of drug-likeness (QED) is 0.833. The van der Waals surface area contributed by atoms with Crippen molar-refractivity contribution in [1.82, 2.24) is 10.9 Å². The van der Waals surface area contributed by atoms with Crippen molar-refractivity contribution in [2.24, 2.45) is 0 Å². The monoisotopic (exact) mass is 318 g/mol. The fourth-order valence-electron chi connectivity index (χ4n) is 1.66. The Bertz CT molecular complexity index is 623. The molecule has 0 saturated heterocycles. The van der Waals surface area contributed by atoms with Gasteiger partial charge in [-0.3, -0.25) is 20.4 Å². The van der Waals surface area contributed by atoms with Gasteiger partial charge in [0.1, 0.15) is 5.75 Å². The molecular formula is C16H18N2O3S. The van der Waals surface area contributed by atoms with E-state index in [1.54, 1.807) is 41.8 Å². The van der Waals surface area contributed by atoms with E-state index < -0.39 is 0 Å². The number of amides is 2. The first-order chi connectivity index (χ1) is 10.6. The molecule has 0 unspecified atom stereocenters. The third kappa shape index (κ3) is 4.33. The SMILES string of the molecule is CC[C@@H](C)Oc1ccc(C(=O)NNC(=O)c2cccs2)cc1. The van der Waals surface area contributed by atoms with E-state index in [4.69, 9.17) is 4.74 Å². The topological polar surface area (TPSA) is 67.4 Å². The minimum Gasteiger partial charge on any atom is -0.491 e. The molecular weight excluding hydrogens is 300 g/mol. The summed E-state index contributed by atoms with van der Waals surface area (Å²) in [6.45, 7) is 4.03. The van der Waals surface area contributed by atoms with Crippen LogP contribution in [0.4, 0.5) is 0 Å². The average molecular weight is 318 g/mol. The lowest BCUT2D eigenvalue weighted by molar-refractivity contribution is 0.0849. The number of nitrogens with one attached hydrogen (secondary N) is 2. The largest absolute Gasteiger partial charge is 0.491 e. The molecule has 0 aliphatic rings. The van der Waals surface area contributed by atoms with Crippen LogP contribution >= 0.6 is 11.3 Å². The van der Waals surface area contributed by atoms with Gasteiger partial charge in [-0.2, -0.15) is 0 Å². The second-order valence-electron chi connectivity index (χ2n) is 4.75. The molecule has 0 aliphatic carbocycles. The molecule has 1 aromatic heterocycles. The number of ether oxygens (including phenoxy) is 1. The lowest BCUT2D eigenvalue weighted by Crippen LogP contribution is -2.41. The highest BCUT2D eigenvalue weighted by atomic mass is 32.1. The molecule has 116 valence electrons. The Labute approximate surface area is 133 Å². The number of benzene rings is 1. The van der Waals surface area contributed by atoms with Gasteiger partial charge in [0.2, 0.25) is 0 Å². The van der Waals surface area contributed by atoms with Crippen LogP contribution < -0.4 is 15.6 Å². The fraction of sp³-hybridized carbons (Fsp3) is 0.250. The van der Waals surface area contributed by atoms with Crippen molar-refractivity contribution in [1.29, 1.82) is 0 Å². The number of thiophene rings is 1. The minimum absolute atomic E-state index is 0.129. The molecule has 2 N–H and O–H groups in total. The van der Waals surface area contributed by atoms with Gasteiger partial charge in [-0.05, 0) is 49.1 Å². The van der Waals surface area contributed by atoms with Gasteiger partial charge >= 0.3 is 0 Å². The van der Waals surface area contributed by atoms with Crippen LogP contribution in [-0.2, 0) is 0 Å². The van der Waals surface area contributed by atoms with Gasteiger partial charge in [0.05, 0.1) is 11.0 Å². The Morgan fingerprint density at radius 1 is 1.14 bits per heavy atom. The van der Waals surface area contributed by atoms with E-state index in [-0.39, 0.29) is 17.9 Å². The van der Waals surface area contributed by atoms with E-state index >= 15 is 0 Å². The van der Waals surface area contributed by atoms with Gasteiger partial charge in [0.25, 0.3) is 11.8 Å². The van der Waals surface area contributed by atoms with E-state index in [0.29, 0.717) is 16.2 Å². The Hall–Kier alpha value is -2.34. The summed E-state index contributed by atoms with van der Waals surface area (Å²) in [6.07, 6.45) is 1.04. The number of hydrogen-bond acceptors (Lipinski definition) is 4. The Morgan fingerprint density at radius 2 is 1.82 bits per heavy atom. The number of rotatable bonds is 5. The summed E-state index contributed by atoms with van der Waals surface area (Å²) in [4.78, 5) is 24.2. The Morgan fingerprint density at radius 3 is 2.41 bits per heavy atom. The first-order valence-electron chi connectivity index (χ1n) is 7.01. The van der Waals surface area contributed by atoms with Gasteiger partial charge < -0.3 is 4.74 Å². The molecule has 2 aromatic rings. The highest BCUT2D eigenvalue weighted by Crippen LogP contribution is 2.14. The van der Waals surface area contributed by atoms with Crippen LogP contribution in [-0.4, -0.2) is 17.9 Å². The standard InChI is InChI=1S/C16H18N2O3S/c1-3-11(2)21-13-8-6-12(7-9-13)15(19)17-18-16(20)14-5-4-10-22-14/h4-11H,3H2,1-2H3,(H,17,19)(H,18,20)/t11-/m1/s1. The number of carbonyl (C=O) groups excluding carboxylic acids is 2. The zero-order valence-electron chi connectivity index (χ0n) is 12.5. The molecule has 22 heavy (non-hydrogen) atoms. The first kappa shape index (κ1) is 16.0. The van der Waals surface area contributed by atoms with Gasteiger partial charge in [-0.25, -0.2) is 0 Å². The smallest absolute Gasteiger partial charge is 0.279 e. The molecule has 1 aromatic carbocycles. The lowest BCUT2D eigenvalue weighted by Gasteiger charge is -2.12. The Balaban J connectivity index is 1.88. The van der Waals surface area contributed by atoms with Crippen molar-refractivity contribution in [3.8, 4) is 5.75 Å². The van der Waals surface area contributed by atoms with Gasteiger partial charge in [-0.15, -0.1) is 11.3 Å². The van der Waals surface area contributed by atoms with Crippen molar-refractivity contribution in [3.05, 3.63) is 52.2 Å². The van der Waals surface area contributed by atoms with E-state index in [9.17, 15) is 9.59 Å². The molecule has 1 atom stereocenters. The summed E-state index contributed by atoms with van der Waals surface area (Å²) in [5, 5.41) is 1.80. The molecule has 0 aliphatic heterocycles. The maximum absolute atomic E-state index is 11.9. The van der Waals surface area contributed by atoms with E-state index in [2.05, 4.69) is 10.9 Å². The van der Waals surface area contributed by atoms with Crippen LogP contribution in [0.1, 0.15) is 40.3 Å². The van der Waals surface area contributed by atoms with Gasteiger partial charge in [-0.1, -0.05) is 13.0 Å². The second-order valence-corrected chi connectivity index (χ2v) is 5.69. The predicted molar refractivity (Wildman–Crippen MR) is 86.1 cm³/mol. The van der Waals surface area contributed by atoms with Crippen molar-refractivity contribution < 1.29 is 14.3 Å². The average Bonchev–Trinajstić information content (AvgIpc) is 3.07. The number of hydrazine groups is 1. The maximum atomic E-state index is 11.9.